The van der Waals surface area contributed by atoms with E-state index in [0.29, 0.717) is 32.1 Å². The van der Waals surface area contributed by atoms with Crippen molar-refractivity contribution in [1.82, 2.24) is 10.2 Å². The van der Waals surface area contributed by atoms with Crippen molar-refractivity contribution in [3.8, 4) is 0 Å². The van der Waals surface area contributed by atoms with Gasteiger partial charge in [-0.2, -0.15) is 11.3 Å². The first-order chi connectivity index (χ1) is 10.7. The Labute approximate surface area is 135 Å². The molecule has 0 bridgehead atoms. The van der Waals surface area contributed by atoms with E-state index < -0.39 is 0 Å². The van der Waals surface area contributed by atoms with Crippen LogP contribution >= 0.6 is 11.3 Å². The summed E-state index contributed by atoms with van der Waals surface area (Å²) in [5, 5.41) is 7.26. The van der Waals surface area contributed by atoms with Crippen molar-refractivity contribution in [1.29, 1.82) is 0 Å². The molecule has 6 heteroatoms. The molecule has 0 unspecified atom stereocenters. The summed E-state index contributed by atoms with van der Waals surface area (Å²) >= 11 is 1.74. The normalized spacial score (nSPS) is 28.0. The molecule has 0 saturated carbocycles. The number of carbonyl (C=O) groups is 1. The van der Waals surface area contributed by atoms with Crippen molar-refractivity contribution in [3.63, 3.8) is 0 Å². The highest BCUT2D eigenvalue weighted by Gasteiger charge is 2.51. The van der Waals surface area contributed by atoms with Gasteiger partial charge in [0.1, 0.15) is 0 Å². The molecular weight excluding hydrogens is 300 g/mol. The second-order valence-corrected chi connectivity index (χ2v) is 7.18. The Hall–Kier alpha value is -0.950. The fourth-order valence-corrected chi connectivity index (χ4v) is 4.29. The van der Waals surface area contributed by atoms with Gasteiger partial charge in [0.05, 0.1) is 19.8 Å². The second kappa shape index (κ2) is 7.08. The number of ether oxygens (including phenoxy) is 2. The first-order valence-electron chi connectivity index (χ1n) is 7.79. The quantitative estimate of drug-likeness (QED) is 0.769. The zero-order chi connectivity index (χ0) is 15.4. The predicted octanol–water partition coefficient (Wildman–Crippen LogP) is 1.35. The van der Waals surface area contributed by atoms with Gasteiger partial charge in [0.2, 0.25) is 5.91 Å². The van der Waals surface area contributed by atoms with Crippen molar-refractivity contribution < 1.29 is 14.3 Å². The first kappa shape index (κ1) is 15.9. The molecule has 0 aliphatic carbocycles. The summed E-state index contributed by atoms with van der Waals surface area (Å²) in [5.74, 6) is 0.587. The molecule has 2 aliphatic heterocycles. The Morgan fingerprint density at radius 3 is 3.32 bits per heavy atom. The minimum atomic E-state index is -0.00677. The fourth-order valence-electron chi connectivity index (χ4n) is 3.63. The summed E-state index contributed by atoms with van der Waals surface area (Å²) in [4.78, 5) is 14.7. The number of likely N-dealkylation sites (tertiary alicyclic amines) is 1. The summed E-state index contributed by atoms with van der Waals surface area (Å²) in [6.45, 7) is 5.58. The van der Waals surface area contributed by atoms with Crippen LogP contribution in [0.25, 0.3) is 0 Å². The molecule has 22 heavy (non-hydrogen) atoms. The number of nitrogens with one attached hydrogen (secondary N) is 1. The van der Waals surface area contributed by atoms with Crippen LogP contribution in [0.3, 0.4) is 0 Å². The number of thiophene rings is 1. The molecule has 2 saturated heterocycles. The summed E-state index contributed by atoms with van der Waals surface area (Å²) in [5.41, 5.74) is 1.36. The van der Waals surface area contributed by atoms with Gasteiger partial charge in [-0.3, -0.25) is 9.69 Å². The molecular formula is C16H24N2O3S. The van der Waals surface area contributed by atoms with Crippen LogP contribution in [0.2, 0.25) is 0 Å². The smallest absolute Gasteiger partial charge is 0.220 e. The number of hydrogen-bond donors (Lipinski definition) is 1. The van der Waals surface area contributed by atoms with Crippen LogP contribution in [-0.4, -0.2) is 57.4 Å². The lowest BCUT2D eigenvalue weighted by atomic mass is 9.78. The van der Waals surface area contributed by atoms with E-state index in [9.17, 15) is 4.79 Å². The Morgan fingerprint density at radius 2 is 2.55 bits per heavy atom. The second-order valence-electron chi connectivity index (χ2n) is 6.40. The third-order valence-electron chi connectivity index (χ3n) is 4.72. The predicted molar refractivity (Wildman–Crippen MR) is 85.8 cm³/mol. The maximum atomic E-state index is 12.2. The molecule has 5 nitrogen and oxygen atoms in total. The molecule has 3 rings (SSSR count). The van der Waals surface area contributed by atoms with Crippen LogP contribution < -0.4 is 5.32 Å². The van der Waals surface area contributed by atoms with Gasteiger partial charge in [0.25, 0.3) is 0 Å². The Morgan fingerprint density at radius 1 is 1.64 bits per heavy atom. The zero-order valence-electron chi connectivity index (χ0n) is 13.0. The molecule has 1 N–H and O–H groups in total. The van der Waals surface area contributed by atoms with Crippen molar-refractivity contribution >= 4 is 17.2 Å². The van der Waals surface area contributed by atoms with Crippen molar-refractivity contribution in [2.75, 3.05) is 46.6 Å². The first-order valence-corrected chi connectivity index (χ1v) is 8.73. The molecule has 2 aliphatic rings. The number of carbonyl (C=O) groups excluding carboxylic acids is 1. The van der Waals surface area contributed by atoms with Crippen LogP contribution in [0.4, 0.5) is 0 Å². The number of nitrogens with zero attached hydrogens (tertiary/aromatic N) is 1. The third kappa shape index (κ3) is 3.51. The van der Waals surface area contributed by atoms with Crippen molar-refractivity contribution in [3.05, 3.63) is 22.4 Å². The van der Waals surface area contributed by atoms with Crippen LogP contribution in [0.1, 0.15) is 12.0 Å². The zero-order valence-corrected chi connectivity index (χ0v) is 13.9. The van der Waals surface area contributed by atoms with Crippen molar-refractivity contribution in [2.45, 2.75) is 13.0 Å². The number of hydrogen-bond acceptors (Lipinski definition) is 5. The molecule has 1 aromatic heterocycles. The van der Waals surface area contributed by atoms with E-state index in [1.807, 2.05) is 0 Å². The van der Waals surface area contributed by atoms with Crippen LogP contribution in [0.5, 0.6) is 0 Å². The molecule has 0 aromatic carbocycles. The van der Waals surface area contributed by atoms with Crippen LogP contribution in [0.15, 0.2) is 16.8 Å². The molecule has 0 spiro atoms. The topological polar surface area (TPSA) is 50.8 Å². The molecule has 122 valence electrons. The summed E-state index contributed by atoms with van der Waals surface area (Å²) in [6, 6.07) is 2.18. The molecule has 3 heterocycles. The van der Waals surface area contributed by atoms with E-state index in [1.54, 1.807) is 18.4 Å². The lowest BCUT2D eigenvalue weighted by Crippen LogP contribution is -2.38. The molecule has 2 fully saturated rings. The fraction of sp³-hybridized carbons (Fsp3) is 0.688. The van der Waals surface area contributed by atoms with Gasteiger partial charge in [-0.05, 0) is 22.4 Å². The largest absolute Gasteiger partial charge is 0.383 e. The lowest BCUT2D eigenvalue weighted by Gasteiger charge is -2.26. The van der Waals surface area contributed by atoms with Gasteiger partial charge in [0.15, 0.2) is 0 Å². The van der Waals surface area contributed by atoms with Gasteiger partial charge in [0, 0.05) is 51.0 Å². The van der Waals surface area contributed by atoms with E-state index in [2.05, 4.69) is 27.0 Å². The summed E-state index contributed by atoms with van der Waals surface area (Å²) in [7, 11) is 1.64. The minimum absolute atomic E-state index is 0.00677. The molecule has 1 aromatic rings. The standard InChI is InChI=1S/C16H24N2O3S/c1-20-4-3-17-15(19)6-16-11-18(7-13-2-5-22-10-13)8-14(16)9-21-12-16/h2,5,10,14H,3-4,6-9,11-12H2,1H3,(H,17,19)/t14-,16+/m1/s1. The summed E-state index contributed by atoms with van der Waals surface area (Å²) in [6.07, 6.45) is 0.557. The Balaban J connectivity index is 1.57. The Kier molecular flexibility index (Phi) is 5.13. The van der Waals surface area contributed by atoms with Crippen LogP contribution in [0, 0.1) is 11.3 Å². The van der Waals surface area contributed by atoms with E-state index in [4.69, 9.17) is 9.47 Å². The number of fused-ring (bicyclic) bond motifs is 1. The highest BCUT2D eigenvalue weighted by Crippen LogP contribution is 2.44. The van der Waals surface area contributed by atoms with E-state index in [0.717, 1.165) is 26.2 Å². The molecule has 2 atom stereocenters. The van der Waals surface area contributed by atoms with Gasteiger partial charge >= 0.3 is 0 Å². The van der Waals surface area contributed by atoms with Crippen LogP contribution in [-0.2, 0) is 20.8 Å². The minimum Gasteiger partial charge on any atom is -0.383 e. The molecule has 1 amide bonds. The maximum absolute atomic E-state index is 12.2. The van der Waals surface area contributed by atoms with Gasteiger partial charge < -0.3 is 14.8 Å². The maximum Gasteiger partial charge on any atom is 0.220 e. The van der Waals surface area contributed by atoms with E-state index >= 15 is 0 Å². The lowest BCUT2D eigenvalue weighted by molar-refractivity contribution is -0.123. The van der Waals surface area contributed by atoms with Gasteiger partial charge in [-0.15, -0.1) is 0 Å². The average Bonchev–Trinajstić information content (AvgIpc) is 3.15. The van der Waals surface area contributed by atoms with Gasteiger partial charge in [-0.25, -0.2) is 0 Å². The third-order valence-corrected chi connectivity index (χ3v) is 5.45. The molecule has 0 radical (unpaired) electrons. The number of rotatable bonds is 7. The average molecular weight is 324 g/mol. The number of amides is 1. The highest BCUT2D eigenvalue weighted by molar-refractivity contribution is 7.07. The Bertz CT molecular complexity index is 494. The van der Waals surface area contributed by atoms with Crippen molar-refractivity contribution in [2.24, 2.45) is 11.3 Å². The SMILES string of the molecule is COCCNC(=O)C[C@]12COC[C@H]1CN(Cc1ccsc1)C2. The van der Waals surface area contributed by atoms with E-state index in [1.165, 1.54) is 5.56 Å². The monoisotopic (exact) mass is 324 g/mol. The van der Waals surface area contributed by atoms with Gasteiger partial charge in [-0.1, -0.05) is 0 Å². The summed E-state index contributed by atoms with van der Waals surface area (Å²) < 4.78 is 10.7. The highest BCUT2D eigenvalue weighted by atomic mass is 32.1. The van der Waals surface area contributed by atoms with E-state index in [-0.39, 0.29) is 11.3 Å². The number of methoxy groups -OCH3 is 1.